The molecule has 0 aromatic heterocycles. The molecule has 4 nitrogen and oxygen atoms in total. The van der Waals surface area contributed by atoms with Crippen LogP contribution < -0.4 is 5.32 Å². The van der Waals surface area contributed by atoms with E-state index in [9.17, 15) is 4.79 Å². The minimum Gasteiger partial charge on any atom is -0.381 e. The van der Waals surface area contributed by atoms with Crippen molar-refractivity contribution in [2.45, 2.75) is 45.1 Å². The zero-order valence-electron chi connectivity index (χ0n) is 11.2. The number of hydrogen-bond donors (Lipinski definition) is 1. The van der Waals surface area contributed by atoms with Gasteiger partial charge in [-0.25, -0.2) is 0 Å². The molecular formula is C13H26N2O2. The van der Waals surface area contributed by atoms with Crippen molar-refractivity contribution in [3.05, 3.63) is 0 Å². The van der Waals surface area contributed by atoms with Gasteiger partial charge in [-0.3, -0.25) is 4.79 Å². The van der Waals surface area contributed by atoms with E-state index in [1.807, 2.05) is 11.9 Å². The Bertz CT molecular complexity index is 213. The molecule has 100 valence electrons. The van der Waals surface area contributed by atoms with Crippen LogP contribution in [0.5, 0.6) is 0 Å². The Balaban J connectivity index is 2.24. The SMILES string of the molecule is CCCOCCC(=O)N(C)C1CCCNCC1. The molecule has 1 amide bonds. The fraction of sp³-hybridized carbons (Fsp3) is 0.923. The smallest absolute Gasteiger partial charge is 0.224 e. The van der Waals surface area contributed by atoms with Crippen LogP contribution in [0.15, 0.2) is 0 Å². The van der Waals surface area contributed by atoms with Gasteiger partial charge < -0.3 is 15.0 Å². The maximum atomic E-state index is 11.9. The molecule has 1 N–H and O–H groups in total. The van der Waals surface area contributed by atoms with Crippen LogP contribution >= 0.6 is 0 Å². The zero-order chi connectivity index (χ0) is 12.5. The van der Waals surface area contributed by atoms with Crippen LogP contribution in [0, 0.1) is 0 Å². The number of ether oxygens (including phenoxy) is 1. The number of hydrogen-bond acceptors (Lipinski definition) is 3. The van der Waals surface area contributed by atoms with Crippen LogP contribution in [0.1, 0.15) is 39.0 Å². The molecule has 1 rings (SSSR count). The van der Waals surface area contributed by atoms with Gasteiger partial charge in [-0.15, -0.1) is 0 Å². The van der Waals surface area contributed by atoms with Crippen molar-refractivity contribution in [3.8, 4) is 0 Å². The number of nitrogens with one attached hydrogen (secondary N) is 1. The maximum absolute atomic E-state index is 11.9. The lowest BCUT2D eigenvalue weighted by atomic mass is 10.1. The summed E-state index contributed by atoms with van der Waals surface area (Å²) in [6.45, 7) is 5.49. The number of carbonyl (C=O) groups excluding carboxylic acids is 1. The lowest BCUT2D eigenvalue weighted by Crippen LogP contribution is -2.38. The van der Waals surface area contributed by atoms with E-state index < -0.39 is 0 Å². The summed E-state index contributed by atoms with van der Waals surface area (Å²) in [5, 5.41) is 3.37. The highest BCUT2D eigenvalue weighted by Crippen LogP contribution is 2.12. The van der Waals surface area contributed by atoms with Crippen LogP contribution in [-0.2, 0) is 9.53 Å². The molecule has 0 radical (unpaired) electrons. The van der Waals surface area contributed by atoms with Gasteiger partial charge in [-0.1, -0.05) is 6.92 Å². The molecule has 1 atom stereocenters. The Morgan fingerprint density at radius 1 is 1.35 bits per heavy atom. The van der Waals surface area contributed by atoms with Crippen molar-refractivity contribution in [3.63, 3.8) is 0 Å². The summed E-state index contributed by atoms with van der Waals surface area (Å²) in [7, 11) is 1.93. The first kappa shape index (κ1) is 14.5. The first-order valence-electron chi connectivity index (χ1n) is 6.79. The van der Waals surface area contributed by atoms with E-state index >= 15 is 0 Å². The van der Waals surface area contributed by atoms with Gasteiger partial charge in [0.15, 0.2) is 0 Å². The first-order chi connectivity index (χ1) is 8.25. The van der Waals surface area contributed by atoms with Gasteiger partial charge >= 0.3 is 0 Å². The zero-order valence-corrected chi connectivity index (χ0v) is 11.2. The third-order valence-corrected chi connectivity index (χ3v) is 3.30. The minimum absolute atomic E-state index is 0.216. The standard InChI is InChI=1S/C13H26N2O2/c1-3-10-17-11-7-13(16)15(2)12-5-4-8-14-9-6-12/h12,14H,3-11H2,1-2H3. The van der Waals surface area contributed by atoms with Gasteiger partial charge in [-0.2, -0.15) is 0 Å². The summed E-state index contributed by atoms with van der Waals surface area (Å²) in [6, 6.07) is 0.406. The van der Waals surface area contributed by atoms with Crippen LogP contribution in [0.2, 0.25) is 0 Å². The molecule has 1 fully saturated rings. The van der Waals surface area contributed by atoms with Gasteiger partial charge in [0, 0.05) is 19.7 Å². The van der Waals surface area contributed by atoms with Crippen LogP contribution in [0.25, 0.3) is 0 Å². The van der Waals surface area contributed by atoms with E-state index in [2.05, 4.69) is 12.2 Å². The Labute approximate surface area is 105 Å². The molecule has 1 saturated heterocycles. The monoisotopic (exact) mass is 242 g/mol. The van der Waals surface area contributed by atoms with Crippen molar-refractivity contribution in [2.24, 2.45) is 0 Å². The van der Waals surface area contributed by atoms with Gasteiger partial charge in [0.05, 0.1) is 13.0 Å². The van der Waals surface area contributed by atoms with Gasteiger partial charge in [-0.05, 0) is 38.8 Å². The molecule has 1 aliphatic rings. The molecule has 0 aromatic carbocycles. The third kappa shape index (κ3) is 5.50. The van der Waals surface area contributed by atoms with E-state index in [1.165, 1.54) is 0 Å². The van der Waals surface area contributed by atoms with E-state index in [4.69, 9.17) is 4.74 Å². The molecule has 0 saturated carbocycles. The lowest BCUT2D eigenvalue weighted by molar-refractivity contribution is -0.133. The molecule has 0 bridgehead atoms. The molecule has 17 heavy (non-hydrogen) atoms. The minimum atomic E-state index is 0.216. The fourth-order valence-corrected chi connectivity index (χ4v) is 2.17. The Morgan fingerprint density at radius 3 is 2.94 bits per heavy atom. The van der Waals surface area contributed by atoms with Crippen molar-refractivity contribution >= 4 is 5.91 Å². The predicted molar refractivity (Wildman–Crippen MR) is 69.0 cm³/mol. The van der Waals surface area contributed by atoms with Crippen molar-refractivity contribution in [1.29, 1.82) is 0 Å². The molecule has 0 spiro atoms. The number of carbonyl (C=O) groups is 1. The Hall–Kier alpha value is -0.610. The second-order valence-electron chi connectivity index (χ2n) is 4.70. The highest BCUT2D eigenvalue weighted by atomic mass is 16.5. The Kier molecular flexibility index (Phi) is 7.21. The second-order valence-corrected chi connectivity index (χ2v) is 4.70. The summed E-state index contributed by atoms with van der Waals surface area (Å²) in [5.74, 6) is 0.216. The normalized spacial score (nSPS) is 20.9. The van der Waals surface area contributed by atoms with E-state index in [0.717, 1.165) is 45.4 Å². The molecule has 1 aliphatic heterocycles. The molecule has 0 aromatic rings. The van der Waals surface area contributed by atoms with Gasteiger partial charge in [0.25, 0.3) is 0 Å². The molecule has 0 aliphatic carbocycles. The number of amides is 1. The quantitative estimate of drug-likeness (QED) is 0.716. The van der Waals surface area contributed by atoms with E-state index in [-0.39, 0.29) is 5.91 Å². The maximum Gasteiger partial charge on any atom is 0.224 e. The fourth-order valence-electron chi connectivity index (χ4n) is 2.17. The van der Waals surface area contributed by atoms with Crippen molar-refractivity contribution in [2.75, 3.05) is 33.4 Å². The second kappa shape index (κ2) is 8.48. The number of rotatable bonds is 6. The van der Waals surface area contributed by atoms with Gasteiger partial charge in [0.1, 0.15) is 0 Å². The number of nitrogens with zero attached hydrogens (tertiary/aromatic N) is 1. The first-order valence-corrected chi connectivity index (χ1v) is 6.79. The topological polar surface area (TPSA) is 41.6 Å². The highest BCUT2D eigenvalue weighted by molar-refractivity contribution is 5.76. The van der Waals surface area contributed by atoms with E-state index in [1.54, 1.807) is 0 Å². The Morgan fingerprint density at radius 2 is 2.18 bits per heavy atom. The summed E-state index contributed by atoms with van der Waals surface area (Å²) >= 11 is 0. The van der Waals surface area contributed by atoms with Crippen molar-refractivity contribution in [1.82, 2.24) is 10.2 Å². The summed E-state index contributed by atoms with van der Waals surface area (Å²) in [4.78, 5) is 13.9. The van der Waals surface area contributed by atoms with Crippen LogP contribution in [0.3, 0.4) is 0 Å². The van der Waals surface area contributed by atoms with E-state index in [0.29, 0.717) is 19.1 Å². The van der Waals surface area contributed by atoms with Crippen LogP contribution in [-0.4, -0.2) is 50.2 Å². The molecule has 1 heterocycles. The molecular weight excluding hydrogens is 216 g/mol. The lowest BCUT2D eigenvalue weighted by Gasteiger charge is -2.27. The average Bonchev–Trinajstić information content (AvgIpc) is 2.62. The largest absolute Gasteiger partial charge is 0.381 e. The molecule has 1 unspecified atom stereocenters. The van der Waals surface area contributed by atoms with Crippen molar-refractivity contribution < 1.29 is 9.53 Å². The predicted octanol–water partition coefficient (Wildman–Crippen LogP) is 1.40. The molecule has 4 heteroatoms. The third-order valence-electron chi connectivity index (χ3n) is 3.30. The summed E-state index contributed by atoms with van der Waals surface area (Å²) in [5.41, 5.74) is 0. The summed E-state index contributed by atoms with van der Waals surface area (Å²) < 4.78 is 5.36. The average molecular weight is 242 g/mol. The van der Waals surface area contributed by atoms with Gasteiger partial charge in [0.2, 0.25) is 5.91 Å². The highest BCUT2D eigenvalue weighted by Gasteiger charge is 2.20. The summed E-state index contributed by atoms with van der Waals surface area (Å²) in [6.07, 6.45) is 4.87. The van der Waals surface area contributed by atoms with Crippen LogP contribution in [0.4, 0.5) is 0 Å².